The molecule has 0 aromatic heterocycles. The average molecular weight is 291 g/mol. The zero-order valence-electron chi connectivity index (χ0n) is 13.7. The van der Waals surface area contributed by atoms with Gasteiger partial charge < -0.3 is 10.1 Å². The third-order valence-electron chi connectivity index (χ3n) is 3.88. The molecule has 0 fully saturated rings. The van der Waals surface area contributed by atoms with E-state index in [4.69, 9.17) is 4.74 Å². The van der Waals surface area contributed by atoms with Crippen LogP contribution >= 0.6 is 0 Å². The van der Waals surface area contributed by atoms with Gasteiger partial charge in [0.05, 0.1) is 7.11 Å². The van der Waals surface area contributed by atoms with Gasteiger partial charge in [-0.05, 0) is 37.1 Å². The van der Waals surface area contributed by atoms with Crippen LogP contribution in [-0.4, -0.2) is 13.0 Å². The Morgan fingerprint density at radius 1 is 1.10 bits per heavy atom. The number of methoxy groups -OCH3 is 1. The van der Waals surface area contributed by atoms with Crippen molar-refractivity contribution in [1.29, 1.82) is 0 Å². The van der Waals surface area contributed by atoms with E-state index in [1.807, 2.05) is 24.3 Å². The molecule has 0 saturated carbocycles. The molecule has 1 aromatic rings. The van der Waals surface area contributed by atoms with E-state index in [0.717, 1.165) is 30.7 Å². The first kappa shape index (κ1) is 17.5. The van der Waals surface area contributed by atoms with E-state index in [9.17, 15) is 4.79 Å². The van der Waals surface area contributed by atoms with Crippen molar-refractivity contribution in [3.05, 3.63) is 24.3 Å². The zero-order chi connectivity index (χ0) is 15.5. The lowest BCUT2D eigenvalue weighted by atomic mass is 9.97. The molecule has 118 valence electrons. The Balaban J connectivity index is 2.39. The van der Waals surface area contributed by atoms with Gasteiger partial charge in [0.15, 0.2) is 0 Å². The Morgan fingerprint density at radius 3 is 2.33 bits per heavy atom. The van der Waals surface area contributed by atoms with Crippen molar-refractivity contribution >= 4 is 11.6 Å². The number of hydrogen-bond acceptors (Lipinski definition) is 2. The first-order chi connectivity index (χ1) is 10.2. The third-order valence-corrected chi connectivity index (χ3v) is 3.88. The van der Waals surface area contributed by atoms with Crippen molar-refractivity contribution in [3.8, 4) is 5.75 Å². The summed E-state index contributed by atoms with van der Waals surface area (Å²) in [6.07, 6.45) is 8.11. The lowest BCUT2D eigenvalue weighted by molar-refractivity contribution is -0.120. The maximum atomic E-state index is 12.3. The van der Waals surface area contributed by atoms with E-state index in [0.29, 0.717) is 0 Å². The number of nitrogens with one attached hydrogen (secondary N) is 1. The number of amides is 1. The first-order valence-electron chi connectivity index (χ1n) is 8.16. The predicted octanol–water partition coefficient (Wildman–Crippen LogP) is 5.02. The molecule has 0 aliphatic heterocycles. The van der Waals surface area contributed by atoms with Crippen molar-refractivity contribution in [2.75, 3.05) is 12.4 Å². The molecular formula is C18H29NO2. The van der Waals surface area contributed by atoms with Crippen LogP contribution in [0.5, 0.6) is 5.75 Å². The molecule has 0 bridgehead atoms. The Morgan fingerprint density at radius 2 is 1.76 bits per heavy atom. The number of rotatable bonds is 10. The van der Waals surface area contributed by atoms with Crippen LogP contribution in [0.4, 0.5) is 5.69 Å². The standard InChI is InChI=1S/C18H29NO2/c1-4-6-7-8-9-10-15(5-2)18(20)19-16-11-13-17(21-3)14-12-16/h11-15H,4-10H2,1-3H3,(H,19,20). The highest BCUT2D eigenvalue weighted by Gasteiger charge is 2.16. The SMILES string of the molecule is CCCCCCCC(CC)C(=O)Nc1ccc(OC)cc1. The minimum Gasteiger partial charge on any atom is -0.497 e. The lowest BCUT2D eigenvalue weighted by Crippen LogP contribution is -2.22. The molecule has 1 aromatic carbocycles. The molecule has 0 aliphatic carbocycles. The van der Waals surface area contributed by atoms with Gasteiger partial charge in [0, 0.05) is 11.6 Å². The topological polar surface area (TPSA) is 38.3 Å². The third kappa shape index (κ3) is 6.65. The second-order valence-corrected chi connectivity index (χ2v) is 5.53. The highest BCUT2D eigenvalue weighted by atomic mass is 16.5. The van der Waals surface area contributed by atoms with Crippen molar-refractivity contribution in [3.63, 3.8) is 0 Å². The van der Waals surface area contributed by atoms with Crippen molar-refractivity contribution in [1.82, 2.24) is 0 Å². The molecule has 1 unspecified atom stereocenters. The van der Waals surface area contributed by atoms with Crippen LogP contribution in [0.2, 0.25) is 0 Å². The number of benzene rings is 1. The molecule has 1 rings (SSSR count). The molecule has 1 atom stereocenters. The summed E-state index contributed by atoms with van der Waals surface area (Å²) in [6.45, 7) is 4.31. The van der Waals surface area contributed by atoms with E-state index < -0.39 is 0 Å². The van der Waals surface area contributed by atoms with Gasteiger partial charge in [-0.15, -0.1) is 0 Å². The molecule has 21 heavy (non-hydrogen) atoms. The molecule has 0 heterocycles. The van der Waals surface area contributed by atoms with Crippen LogP contribution in [0.15, 0.2) is 24.3 Å². The zero-order valence-corrected chi connectivity index (χ0v) is 13.7. The quantitative estimate of drug-likeness (QED) is 0.615. The number of anilines is 1. The summed E-state index contributed by atoms with van der Waals surface area (Å²) >= 11 is 0. The Labute approximate surface area is 129 Å². The predicted molar refractivity (Wildman–Crippen MR) is 88.8 cm³/mol. The molecular weight excluding hydrogens is 262 g/mol. The minimum absolute atomic E-state index is 0.119. The first-order valence-corrected chi connectivity index (χ1v) is 8.16. The van der Waals surface area contributed by atoms with Gasteiger partial charge in [-0.2, -0.15) is 0 Å². The van der Waals surface area contributed by atoms with E-state index in [-0.39, 0.29) is 11.8 Å². The highest BCUT2D eigenvalue weighted by molar-refractivity contribution is 5.92. The Kier molecular flexibility index (Phi) is 8.56. The molecule has 0 spiro atoms. The van der Waals surface area contributed by atoms with Gasteiger partial charge in [-0.3, -0.25) is 4.79 Å². The second-order valence-electron chi connectivity index (χ2n) is 5.53. The summed E-state index contributed by atoms with van der Waals surface area (Å²) in [7, 11) is 1.64. The highest BCUT2D eigenvalue weighted by Crippen LogP contribution is 2.19. The maximum Gasteiger partial charge on any atom is 0.227 e. The van der Waals surface area contributed by atoms with Gasteiger partial charge in [-0.25, -0.2) is 0 Å². The lowest BCUT2D eigenvalue weighted by Gasteiger charge is -2.15. The fourth-order valence-corrected chi connectivity index (χ4v) is 2.43. The van der Waals surface area contributed by atoms with Crippen LogP contribution < -0.4 is 10.1 Å². The van der Waals surface area contributed by atoms with Gasteiger partial charge in [0.1, 0.15) is 5.75 Å². The van der Waals surface area contributed by atoms with Gasteiger partial charge >= 0.3 is 0 Å². The molecule has 1 amide bonds. The maximum absolute atomic E-state index is 12.3. The second kappa shape index (κ2) is 10.3. The van der Waals surface area contributed by atoms with Crippen molar-refractivity contribution in [2.45, 2.75) is 58.8 Å². The molecule has 1 N–H and O–H groups in total. The summed E-state index contributed by atoms with van der Waals surface area (Å²) in [4.78, 5) is 12.3. The van der Waals surface area contributed by atoms with E-state index >= 15 is 0 Å². The summed E-state index contributed by atoms with van der Waals surface area (Å²) in [6, 6.07) is 7.48. The molecule has 0 saturated heterocycles. The summed E-state index contributed by atoms with van der Waals surface area (Å²) in [5.41, 5.74) is 0.838. The average Bonchev–Trinajstić information content (AvgIpc) is 2.51. The minimum atomic E-state index is 0.119. The van der Waals surface area contributed by atoms with E-state index in [1.165, 1.54) is 25.7 Å². The number of hydrogen-bond donors (Lipinski definition) is 1. The van der Waals surface area contributed by atoms with Gasteiger partial charge in [0.2, 0.25) is 5.91 Å². The Bertz CT molecular complexity index is 400. The number of ether oxygens (including phenoxy) is 1. The fraction of sp³-hybridized carbons (Fsp3) is 0.611. The van der Waals surface area contributed by atoms with Crippen LogP contribution in [0.3, 0.4) is 0 Å². The largest absolute Gasteiger partial charge is 0.497 e. The monoisotopic (exact) mass is 291 g/mol. The van der Waals surface area contributed by atoms with E-state index in [1.54, 1.807) is 7.11 Å². The summed E-state index contributed by atoms with van der Waals surface area (Å²) in [5, 5.41) is 3.00. The van der Waals surface area contributed by atoms with Crippen LogP contribution in [-0.2, 0) is 4.79 Å². The molecule has 3 heteroatoms. The van der Waals surface area contributed by atoms with Crippen LogP contribution in [0, 0.1) is 5.92 Å². The smallest absolute Gasteiger partial charge is 0.227 e. The van der Waals surface area contributed by atoms with Crippen LogP contribution in [0.1, 0.15) is 58.8 Å². The number of carbonyl (C=O) groups is 1. The molecule has 0 aliphatic rings. The molecule has 3 nitrogen and oxygen atoms in total. The summed E-state index contributed by atoms with van der Waals surface area (Å²) < 4.78 is 5.12. The number of unbranched alkanes of at least 4 members (excludes halogenated alkanes) is 4. The Hall–Kier alpha value is -1.51. The molecule has 0 radical (unpaired) electrons. The van der Waals surface area contributed by atoms with Crippen molar-refractivity contribution in [2.24, 2.45) is 5.92 Å². The van der Waals surface area contributed by atoms with E-state index in [2.05, 4.69) is 19.2 Å². The fourth-order valence-electron chi connectivity index (χ4n) is 2.43. The van der Waals surface area contributed by atoms with Gasteiger partial charge in [-0.1, -0.05) is 46.0 Å². The summed E-state index contributed by atoms with van der Waals surface area (Å²) in [5.74, 6) is 1.06. The van der Waals surface area contributed by atoms with Crippen molar-refractivity contribution < 1.29 is 9.53 Å². The van der Waals surface area contributed by atoms with Crippen LogP contribution in [0.25, 0.3) is 0 Å². The number of carbonyl (C=O) groups excluding carboxylic acids is 1. The van der Waals surface area contributed by atoms with Gasteiger partial charge in [0.25, 0.3) is 0 Å². The normalized spacial score (nSPS) is 12.0.